The maximum absolute atomic E-state index is 13.0. The molecule has 1 heterocycles. The lowest BCUT2D eigenvalue weighted by Crippen LogP contribution is -2.35. The number of nitrogens with one attached hydrogen (secondary N) is 1. The van der Waals surface area contributed by atoms with Crippen molar-refractivity contribution in [3.63, 3.8) is 0 Å². The van der Waals surface area contributed by atoms with Gasteiger partial charge in [-0.15, -0.1) is 6.58 Å². The minimum Gasteiger partial charge on any atom is -0.493 e. The van der Waals surface area contributed by atoms with Gasteiger partial charge in [0.2, 0.25) is 5.91 Å². The highest BCUT2D eigenvalue weighted by atomic mass is 35.5. The molecule has 2 aromatic carbocycles. The van der Waals surface area contributed by atoms with Crippen molar-refractivity contribution in [3.8, 4) is 11.5 Å². The maximum atomic E-state index is 13.0. The number of likely N-dealkylation sites (tertiary alicyclic amines) is 1. The van der Waals surface area contributed by atoms with E-state index in [0.29, 0.717) is 35.2 Å². The number of rotatable bonds is 10. The minimum absolute atomic E-state index is 0.106. The highest BCUT2D eigenvalue weighted by Crippen LogP contribution is 2.31. The zero-order chi connectivity index (χ0) is 22.9. The normalized spacial score (nSPS) is 15.7. The molecular formula is C26H33ClN2O3. The molecule has 5 nitrogen and oxygen atoms in total. The second kappa shape index (κ2) is 11.9. The summed E-state index contributed by atoms with van der Waals surface area (Å²) in [6, 6.07) is 12.8. The van der Waals surface area contributed by atoms with E-state index < -0.39 is 0 Å². The summed E-state index contributed by atoms with van der Waals surface area (Å²) in [4.78, 5) is 15.5. The number of anilines is 1. The van der Waals surface area contributed by atoms with Crippen molar-refractivity contribution in [1.29, 1.82) is 0 Å². The number of allylic oxidation sites excluding steroid dienone is 1. The number of nitrogens with zero attached hydrogens (tertiary/aromatic N) is 1. The number of piperidine rings is 1. The first-order valence-corrected chi connectivity index (χ1v) is 11.6. The van der Waals surface area contributed by atoms with Crippen molar-refractivity contribution in [2.45, 2.75) is 32.1 Å². The third-order valence-electron chi connectivity index (χ3n) is 5.96. The number of benzene rings is 2. The Bertz CT molecular complexity index is 892. The molecule has 1 atom stereocenters. The Morgan fingerprint density at radius 1 is 1.22 bits per heavy atom. The molecule has 0 bridgehead atoms. The number of methoxy groups -OCH3 is 1. The van der Waals surface area contributed by atoms with Crippen LogP contribution in [0.4, 0.5) is 5.69 Å². The largest absolute Gasteiger partial charge is 0.493 e. The number of amides is 1. The molecule has 0 aromatic heterocycles. The highest BCUT2D eigenvalue weighted by molar-refractivity contribution is 6.30. The fraction of sp³-hybridized carbons (Fsp3) is 0.423. The molecule has 1 aliphatic heterocycles. The number of carbonyl (C=O) groups excluding carboxylic acids is 1. The van der Waals surface area contributed by atoms with Gasteiger partial charge in [-0.3, -0.25) is 9.69 Å². The van der Waals surface area contributed by atoms with Crippen LogP contribution in [0.3, 0.4) is 0 Å². The summed E-state index contributed by atoms with van der Waals surface area (Å²) in [6.07, 6.45) is 4.76. The Labute approximate surface area is 196 Å². The first kappa shape index (κ1) is 24.1. The van der Waals surface area contributed by atoms with Crippen LogP contribution in [0.15, 0.2) is 55.1 Å². The number of ether oxygens (including phenoxy) is 2. The summed E-state index contributed by atoms with van der Waals surface area (Å²) in [7, 11) is 1.62. The number of hydrogen-bond acceptors (Lipinski definition) is 4. The fourth-order valence-electron chi connectivity index (χ4n) is 3.92. The predicted molar refractivity (Wildman–Crippen MR) is 131 cm³/mol. The zero-order valence-electron chi connectivity index (χ0n) is 19.0. The van der Waals surface area contributed by atoms with Crippen LogP contribution in [0.1, 0.15) is 37.7 Å². The first-order chi connectivity index (χ1) is 15.5. The minimum atomic E-state index is -0.349. The standard InChI is InChI=1S/C26H33ClN2O3/c1-4-5-23(20-6-8-21(27)9-7-20)26(30)28-22-10-11-24(31-3)25(18-22)32-17-16-29-14-12-19(2)13-15-29/h4,6-11,18-19,23H,1,5,12-17H2,2-3H3,(H,28,30). The maximum Gasteiger partial charge on any atom is 0.232 e. The molecule has 172 valence electrons. The summed E-state index contributed by atoms with van der Waals surface area (Å²) < 4.78 is 11.5. The summed E-state index contributed by atoms with van der Waals surface area (Å²) in [5.41, 5.74) is 1.56. The van der Waals surface area contributed by atoms with E-state index in [0.717, 1.165) is 31.1 Å². The molecule has 0 spiro atoms. The van der Waals surface area contributed by atoms with Gasteiger partial charge in [0.15, 0.2) is 11.5 Å². The molecule has 1 unspecified atom stereocenters. The van der Waals surface area contributed by atoms with Gasteiger partial charge < -0.3 is 14.8 Å². The number of halogens is 1. The molecule has 0 radical (unpaired) electrons. The number of carbonyl (C=O) groups is 1. The monoisotopic (exact) mass is 456 g/mol. The van der Waals surface area contributed by atoms with Crippen LogP contribution >= 0.6 is 11.6 Å². The highest BCUT2D eigenvalue weighted by Gasteiger charge is 2.20. The second-order valence-electron chi connectivity index (χ2n) is 8.36. The van der Waals surface area contributed by atoms with Crippen molar-refractivity contribution >= 4 is 23.2 Å². The smallest absolute Gasteiger partial charge is 0.232 e. The molecule has 2 aromatic rings. The van der Waals surface area contributed by atoms with Gasteiger partial charge in [0.05, 0.1) is 13.0 Å². The summed E-state index contributed by atoms with van der Waals surface area (Å²) in [5, 5.41) is 3.65. The molecule has 3 rings (SSSR count). The Hall–Kier alpha value is -2.50. The molecule has 1 N–H and O–H groups in total. The molecule has 1 amide bonds. The van der Waals surface area contributed by atoms with Crippen LogP contribution in [0.5, 0.6) is 11.5 Å². The van der Waals surface area contributed by atoms with Gasteiger partial charge in [0, 0.05) is 23.3 Å². The molecular weight excluding hydrogens is 424 g/mol. The SMILES string of the molecule is C=CCC(C(=O)Nc1ccc(OC)c(OCCN2CCC(C)CC2)c1)c1ccc(Cl)cc1. The third kappa shape index (κ3) is 6.75. The second-order valence-corrected chi connectivity index (χ2v) is 8.79. The van der Waals surface area contributed by atoms with Crippen LogP contribution in [0.2, 0.25) is 5.02 Å². The van der Waals surface area contributed by atoms with Crippen molar-refractivity contribution in [3.05, 3.63) is 65.7 Å². The molecule has 1 saturated heterocycles. The zero-order valence-corrected chi connectivity index (χ0v) is 19.7. The van der Waals surface area contributed by atoms with Gasteiger partial charge >= 0.3 is 0 Å². The van der Waals surface area contributed by atoms with Gasteiger partial charge in [-0.25, -0.2) is 0 Å². The Morgan fingerprint density at radius 3 is 2.59 bits per heavy atom. The molecule has 6 heteroatoms. The average molecular weight is 457 g/mol. The Kier molecular flexibility index (Phi) is 9.00. The summed E-state index contributed by atoms with van der Waals surface area (Å²) in [6.45, 7) is 9.80. The quantitative estimate of drug-likeness (QED) is 0.462. The van der Waals surface area contributed by atoms with Crippen molar-refractivity contribution in [2.75, 3.05) is 38.7 Å². The van der Waals surface area contributed by atoms with Gasteiger partial charge in [0.25, 0.3) is 0 Å². The van der Waals surface area contributed by atoms with Crippen LogP contribution in [0.25, 0.3) is 0 Å². The molecule has 1 aliphatic rings. The molecule has 0 saturated carbocycles. The first-order valence-electron chi connectivity index (χ1n) is 11.2. The molecule has 0 aliphatic carbocycles. The van der Waals surface area contributed by atoms with E-state index in [1.165, 1.54) is 12.8 Å². The van der Waals surface area contributed by atoms with E-state index in [1.54, 1.807) is 25.3 Å². The van der Waals surface area contributed by atoms with E-state index in [1.807, 2.05) is 30.3 Å². The van der Waals surface area contributed by atoms with E-state index in [4.69, 9.17) is 21.1 Å². The average Bonchev–Trinajstić information content (AvgIpc) is 2.79. The van der Waals surface area contributed by atoms with Crippen LogP contribution < -0.4 is 14.8 Å². The Balaban J connectivity index is 1.64. The van der Waals surface area contributed by atoms with E-state index in [-0.39, 0.29) is 11.8 Å². The predicted octanol–water partition coefficient (Wildman–Crippen LogP) is 5.76. The summed E-state index contributed by atoms with van der Waals surface area (Å²) >= 11 is 6.00. The fourth-order valence-corrected chi connectivity index (χ4v) is 4.05. The van der Waals surface area contributed by atoms with Crippen molar-refractivity contribution < 1.29 is 14.3 Å². The molecule has 32 heavy (non-hydrogen) atoms. The van der Waals surface area contributed by atoms with E-state index >= 15 is 0 Å². The lowest BCUT2D eigenvalue weighted by molar-refractivity contribution is -0.117. The van der Waals surface area contributed by atoms with Crippen molar-refractivity contribution in [2.24, 2.45) is 5.92 Å². The van der Waals surface area contributed by atoms with E-state index in [2.05, 4.69) is 23.7 Å². The lowest BCUT2D eigenvalue weighted by atomic mass is 9.94. The van der Waals surface area contributed by atoms with Gasteiger partial charge in [-0.2, -0.15) is 0 Å². The Morgan fingerprint density at radius 2 is 1.94 bits per heavy atom. The molecule has 1 fully saturated rings. The lowest BCUT2D eigenvalue weighted by Gasteiger charge is -2.30. The van der Waals surface area contributed by atoms with Crippen LogP contribution in [0, 0.1) is 5.92 Å². The van der Waals surface area contributed by atoms with Gasteiger partial charge in [-0.1, -0.05) is 36.7 Å². The third-order valence-corrected chi connectivity index (χ3v) is 6.22. The van der Waals surface area contributed by atoms with Crippen LogP contribution in [-0.2, 0) is 4.79 Å². The van der Waals surface area contributed by atoms with Crippen molar-refractivity contribution in [1.82, 2.24) is 4.90 Å². The van der Waals surface area contributed by atoms with E-state index in [9.17, 15) is 4.79 Å². The van der Waals surface area contributed by atoms with Gasteiger partial charge in [-0.05, 0) is 68.1 Å². The topological polar surface area (TPSA) is 50.8 Å². The summed E-state index contributed by atoms with van der Waals surface area (Å²) in [5.74, 6) is 1.63. The van der Waals surface area contributed by atoms with Crippen LogP contribution in [-0.4, -0.2) is 44.2 Å². The number of hydrogen-bond donors (Lipinski definition) is 1. The van der Waals surface area contributed by atoms with Gasteiger partial charge in [0.1, 0.15) is 6.61 Å².